The highest BCUT2D eigenvalue weighted by Gasteiger charge is 2.46. The van der Waals surface area contributed by atoms with Crippen LogP contribution in [0.2, 0.25) is 0 Å². The van der Waals surface area contributed by atoms with Gasteiger partial charge in [-0.25, -0.2) is 0 Å². The highest BCUT2D eigenvalue weighted by atomic mass is 35.5. The predicted octanol–water partition coefficient (Wildman–Crippen LogP) is 0.207. The molecule has 3 nitrogen and oxygen atoms in total. The summed E-state index contributed by atoms with van der Waals surface area (Å²) in [5, 5.41) is 0.230. The van der Waals surface area contributed by atoms with Gasteiger partial charge in [0.05, 0.1) is 0 Å². The van der Waals surface area contributed by atoms with E-state index in [-0.39, 0.29) is 29.7 Å². The van der Waals surface area contributed by atoms with Crippen LogP contribution in [0.1, 0.15) is 0 Å². The lowest BCUT2D eigenvalue weighted by molar-refractivity contribution is -0.143. The lowest BCUT2D eigenvalue weighted by atomic mass is 10.1. The van der Waals surface area contributed by atoms with Gasteiger partial charge in [-0.2, -0.15) is 0 Å². The first-order valence-corrected chi connectivity index (χ1v) is 4.59. The van der Waals surface area contributed by atoms with Gasteiger partial charge in [-0.05, 0) is 5.57 Å². The van der Waals surface area contributed by atoms with Crippen LogP contribution in [0, 0.1) is 0 Å². The minimum atomic E-state index is -0.256. The fraction of sp³-hybridized carbons (Fsp3) is 0.571. The summed E-state index contributed by atoms with van der Waals surface area (Å²) in [7, 11) is 0. The van der Waals surface area contributed by atoms with Crippen molar-refractivity contribution in [3.8, 4) is 0 Å². The number of rotatable bonds is 0. The maximum atomic E-state index is 11.1. The molecule has 2 N–H and O–H groups in total. The van der Waals surface area contributed by atoms with E-state index in [9.17, 15) is 4.79 Å². The zero-order valence-electron chi connectivity index (χ0n) is 6.53. The summed E-state index contributed by atoms with van der Waals surface area (Å²) < 4.78 is 0. The van der Waals surface area contributed by atoms with Crippen molar-refractivity contribution in [2.24, 2.45) is 5.73 Å². The highest BCUT2D eigenvalue weighted by Crippen LogP contribution is 2.34. The molecule has 2 fully saturated rings. The van der Waals surface area contributed by atoms with E-state index in [0.29, 0.717) is 6.54 Å². The molecule has 0 aromatic rings. The number of hydrogen-bond acceptors (Lipinski definition) is 3. The van der Waals surface area contributed by atoms with Crippen molar-refractivity contribution in [3.05, 3.63) is 12.2 Å². The number of amides is 1. The van der Waals surface area contributed by atoms with Crippen LogP contribution in [-0.4, -0.2) is 34.5 Å². The first-order chi connectivity index (χ1) is 5.20. The average molecular weight is 207 g/mol. The smallest absolute Gasteiger partial charge is 0.243 e. The Bertz CT molecular complexity index is 233. The molecule has 0 aromatic carbocycles. The molecule has 68 valence electrons. The number of nitrogens with two attached hydrogens (primary N) is 1. The fourth-order valence-electron chi connectivity index (χ4n) is 1.40. The average Bonchev–Trinajstić information content (AvgIpc) is 2.03. The molecule has 2 heterocycles. The zero-order valence-corrected chi connectivity index (χ0v) is 8.16. The normalized spacial score (nSPS) is 33.6. The van der Waals surface area contributed by atoms with E-state index >= 15 is 0 Å². The number of thioether (sulfide) groups is 1. The largest absolute Gasteiger partial charge is 0.323 e. The number of halogens is 1. The third-order valence-corrected chi connectivity index (χ3v) is 3.50. The van der Waals surface area contributed by atoms with E-state index in [4.69, 9.17) is 5.73 Å². The second kappa shape index (κ2) is 3.28. The molecule has 2 aliphatic heterocycles. The van der Waals surface area contributed by atoms with Gasteiger partial charge in [-0.1, -0.05) is 6.58 Å². The van der Waals surface area contributed by atoms with Gasteiger partial charge >= 0.3 is 0 Å². The quantitative estimate of drug-likeness (QED) is 0.455. The second-order valence-electron chi connectivity index (χ2n) is 2.94. The number of carbonyl (C=O) groups excluding carboxylic acids is 1. The fourth-order valence-corrected chi connectivity index (χ4v) is 2.58. The van der Waals surface area contributed by atoms with Crippen molar-refractivity contribution < 1.29 is 4.79 Å². The van der Waals surface area contributed by atoms with Crippen LogP contribution < -0.4 is 5.73 Å². The van der Waals surface area contributed by atoms with Crippen LogP contribution in [0.3, 0.4) is 0 Å². The van der Waals surface area contributed by atoms with E-state index in [1.807, 2.05) is 0 Å². The summed E-state index contributed by atoms with van der Waals surface area (Å²) >= 11 is 1.71. The van der Waals surface area contributed by atoms with Gasteiger partial charge < -0.3 is 10.6 Å². The van der Waals surface area contributed by atoms with Gasteiger partial charge in [0.15, 0.2) is 0 Å². The summed E-state index contributed by atoms with van der Waals surface area (Å²) in [6.07, 6.45) is 0. The van der Waals surface area contributed by atoms with Crippen LogP contribution in [0.4, 0.5) is 0 Å². The molecule has 0 saturated carbocycles. The van der Waals surface area contributed by atoms with Crippen LogP contribution in [0.25, 0.3) is 0 Å². The van der Waals surface area contributed by atoms with Gasteiger partial charge in [0.25, 0.3) is 0 Å². The van der Waals surface area contributed by atoms with E-state index in [1.54, 1.807) is 16.7 Å². The third-order valence-electron chi connectivity index (χ3n) is 2.03. The molecule has 0 radical (unpaired) electrons. The van der Waals surface area contributed by atoms with Crippen LogP contribution in [0.15, 0.2) is 12.2 Å². The van der Waals surface area contributed by atoms with E-state index < -0.39 is 0 Å². The first kappa shape index (κ1) is 9.89. The molecule has 2 rings (SSSR count). The number of carbonyl (C=O) groups is 1. The summed E-state index contributed by atoms with van der Waals surface area (Å²) in [5.74, 6) is 1.02. The minimum absolute atomic E-state index is 0. The van der Waals surface area contributed by atoms with Crippen molar-refractivity contribution in [2.75, 3.05) is 12.3 Å². The Morgan fingerprint density at radius 3 is 3.00 bits per heavy atom. The van der Waals surface area contributed by atoms with Crippen LogP contribution >= 0.6 is 24.2 Å². The number of hydrogen-bond donors (Lipinski definition) is 1. The van der Waals surface area contributed by atoms with Crippen molar-refractivity contribution in [1.82, 2.24) is 4.90 Å². The monoisotopic (exact) mass is 206 g/mol. The Morgan fingerprint density at radius 2 is 2.33 bits per heavy atom. The summed E-state index contributed by atoms with van der Waals surface area (Å²) in [5.41, 5.74) is 6.70. The van der Waals surface area contributed by atoms with Crippen LogP contribution in [-0.2, 0) is 4.79 Å². The minimum Gasteiger partial charge on any atom is -0.323 e. The zero-order chi connectivity index (χ0) is 8.01. The van der Waals surface area contributed by atoms with Gasteiger partial charge in [-0.15, -0.1) is 24.2 Å². The molecule has 0 aliphatic carbocycles. The number of nitrogens with zero attached hydrogens (tertiary/aromatic N) is 1. The standard InChI is InChI=1S/C7H10N2OS.ClH/c1-4-2-9-6(10)5(8)7(9)11-3-4;/h5,7H,1-3,8H2;1H/t5?,7-;/m1./s1. The summed E-state index contributed by atoms with van der Waals surface area (Å²) in [6, 6.07) is -0.256. The Morgan fingerprint density at radius 1 is 1.67 bits per heavy atom. The third kappa shape index (κ3) is 1.24. The summed E-state index contributed by atoms with van der Waals surface area (Å²) in [4.78, 5) is 12.9. The Balaban J connectivity index is 0.000000720. The number of β-lactam (4-membered cyclic amide) rings is 1. The molecule has 0 bridgehead atoms. The lowest BCUT2D eigenvalue weighted by Gasteiger charge is -2.48. The molecule has 2 aliphatic rings. The first-order valence-electron chi connectivity index (χ1n) is 3.54. The molecule has 2 saturated heterocycles. The Labute approximate surface area is 81.8 Å². The molecule has 1 amide bonds. The van der Waals surface area contributed by atoms with Gasteiger partial charge in [-0.3, -0.25) is 4.79 Å². The highest BCUT2D eigenvalue weighted by molar-refractivity contribution is 8.00. The molecular formula is C7H11ClN2OS. The van der Waals surface area contributed by atoms with Gasteiger partial charge in [0.1, 0.15) is 11.4 Å². The van der Waals surface area contributed by atoms with Gasteiger partial charge in [0.2, 0.25) is 5.91 Å². The Kier molecular flexibility index (Phi) is 2.70. The molecule has 0 spiro atoms. The number of fused-ring (bicyclic) bond motifs is 1. The van der Waals surface area contributed by atoms with E-state index in [1.165, 1.54) is 0 Å². The van der Waals surface area contributed by atoms with Crippen molar-refractivity contribution in [1.29, 1.82) is 0 Å². The molecule has 0 aromatic heterocycles. The molecule has 1 unspecified atom stereocenters. The molecule has 2 atom stereocenters. The van der Waals surface area contributed by atoms with E-state index in [0.717, 1.165) is 11.3 Å². The molecule has 5 heteroatoms. The maximum absolute atomic E-state index is 11.1. The van der Waals surface area contributed by atoms with Crippen molar-refractivity contribution >= 4 is 30.1 Å². The predicted molar refractivity (Wildman–Crippen MR) is 52.3 cm³/mol. The summed E-state index contributed by atoms with van der Waals surface area (Å²) in [6.45, 7) is 4.55. The second-order valence-corrected chi connectivity index (χ2v) is 4.05. The van der Waals surface area contributed by atoms with Crippen LogP contribution in [0.5, 0.6) is 0 Å². The Hall–Kier alpha value is -0.190. The van der Waals surface area contributed by atoms with Crippen molar-refractivity contribution in [2.45, 2.75) is 11.4 Å². The van der Waals surface area contributed by atoms with E-state index in [2.05, 4.69) is 6.58 Å². The molecule has 12 heavy (non-hydrogen) atoms. The van der Waals surface area contributed by atoms with Crippen molar-refractivity contribution in [3.63, 3.8) is 0 Å². The maximum Gasteiger partial charge on any atom is 0.243 e. The molecular weight excluding hydrogens is 196 g/mol. The van der Waals surface area contributed by atoms with Gasteiger partial charge in [0, 0.05) is 12.3 Å². The SMILES string of the molecule is C=C1CS[C@@H]2C(N)C(=O)N2C1.Cl. The lowest BCUT2D eigenvalue weighted by Crippen LogP contribution is -2.68. The topological polar surface area (TPSA) is 46.3 Å².